The van der Waals surface area contributed by atoms with Crippen LogP contribution in [0.25, 0.3) is 10.9 Å². The molecule has 1 aromatic heterocycles. The minimum Gasteiger partial charge on any atom is -0.348 e. The van der Waals surface area contributed by atoms with Crippen LogP contribution in [0.4, 0.5) is 0 Å². The number of rotatable bonds is 6. The van der Waals surface area contributed by atoms with E-state index in [9.17, 15) is 13.2 Å². The first kappa shape index (κ1) is 22.3. The van der Waals surface area contributed by atoms with E-state index in [1.54, 1.807) is 16.4 Å². The molecule has 2 aliphatic rings. The molecule has 170 valence electrons. The van der Waals surface area contributed by atoms with Crippen molar-refractivity contribution in [2.45, 2.75) is 44.6 Å². The Bertz CT molecular complexity index is 1020. The summed E-state index contributed by atoms with van der Waals surface area (Å²) >= 11 is 0. The van der Waals surface area contributed by atoms with Gasteiger partial charge in [0.25, 0.3) is 0 Å². The van der Waals surface area contributed by atoms with Crippen LogP contribution in [0.15, 0.2) is 35.4 Å². The van der Waals surface area contributed by atoms with Gasteiger partial charge >= 0.3 is 0 Å². The van der Waals surface area contributed by atoms with Crippen molar-refractivity contribution < 1.29 is 13.2 Å². The molecule has 4 rings (SSSR count). The van der Waals surface area contributed by atoms with E-state index in [1.807, 2.05) is 23.2 Å². The highest BCUT2D eigenvalue weighted by Crippen LogP contribution is 2.27. The van der Waals surface area contributed by atoms with E-state index >= 15 is 0 Å². The van der Waals surface area contributed by atoms with Gasteiger partial charge in [0.1, 0.15) is 0 Å². The molecule has 0 atom stereocenters. The Labute approximate surface area is 185 Å². The van der Waals surface area contributed by atoms with Crippen molar-refractivity contribution in [1.29, 1.82) is 0 Å². The summed E-state index contributed by atoms with van der Waals surface area (Å²) in [7, 11) is -3.55. The molecule has 8 heteroatoms. The first-order valence-electron chi connectivity index (χ1n) is 11.5. The molecule has 7 nitrogen and oxygen atoms in total. The number of hydrogen-bond donors (Lipinski definition) is 0. The number of amides is 1. The Balaban J connectivity index is 1.37. The smallest absolute Gasteiger partial charge is 0.243 e. The van der Waals surface area contributed by atoms with Crippen molar-refractivity contribution in [2.75, 3.05) is 45.8 Å². The van der Waals surface area contributed by atoms with Gasteiger partial charge < -0.3 is 9.47 Å². The summed E-state index contributed by atoms with van der Waals surface area (Å²) in [5, 5.41) is 0.940. The molecule has 0 N–H and O–H groups in total. The van der Waals surface area contributed by atoms with Gasteiger partial charge in [-0.15, -0.1) is 0 Å². The molecule has 0 spiro atoms. The predicted octanol–water partition coefficient (Wildman–Crippen LogP) is 2.62. The summed E-state index contributed by atoms with van der Waals surface area (Å²) in [6.07, 6.45) is 4.32. The first-order chi connectivity index (χ1) is 14.9. The maximum absolute atomic E-state index is 13.2. The lowest BCUT2D eigenvalue weighted by Gasteiger charge is -2.38. The number of piperidine rings is 1. The van der Waals surface area contributed by atoms with Crippen molar-refractivity contribution >= 4 is 26.8 Å². The van der Waals surface area contributed by atoms with Crippen LogP contribution in [0.5, 0.6) is 0 Å². The van der Waals surface area contributed by atoms with Crippen molar-refractivity contribution in [1.82, 2.24) is 18.7 Å². The normalized spacial score (nSPS) is 19.9. The van der Waals surface area contributed by atoms with E-state index < -0.39 is 10.0 Å². The maximum Gasteiger partial charge on any atom is 0.243 e. The van der Waals surface area contributed by atoms with Gasteiger partial charge in [-0.3, -0.25) is 9.69 Å². The molecule has 1 aromatic carbocycles. The molecule has 2 fully saturated rings. The molecular formula is C23H34N4O3S. The average molecular weight is 447 g/mol. The number of nitrogens with zero attached hydrogens (tertiary/aromatic N) is 4. The Hall–Kier alpha value is -1.90. The molecule has 2 aliphatic heterocycles. The van der Waals surface area contributed by atoms with E-state index in [2.05, 4.69) is 23.3 Å². The zero-order chi connectivity index (χ0) is 22.0. The summed E-state index contributed by atoms with van der Waals surface area (Å²) in [6, 6.07) is 7.32. The van der Waals surface area contributed by atoms with Crippen LogP contribution in [0.2, 0.25) is 0 Å². The number of sulfonamides is 1. The fourth-order valence-electron chi connectivity index (χ4n) is 4.87. The molecule has 0 radical (unpaired) electrons. The highest BCUT2D eigenvalue weighted by molar-refractivity contribution is 7.89. The standard InChI is InChI=1S/C23H34N4O3S/c1-3-10-24-14-16-26(17-15-24)23(28)19-8-12-27(13-9-19)31(29,30)21-5-6-22-20(18-21)7-11-25(22)4-2/h5-7,11,18-19H,3-4,8-10,12-17H2,1-2H3. The molecule has 2 aromatic rings. The van der Waals surface area contributed by atoms with Gasteiger partial charge in [-0.1, -0.05) is 6.92 Å². The topological polar surface area (TPSA) is 65.9 Å². The van der Waals surface area contributed by atoms with Gasteiger partial charge in [-0.05, 0) is 57.0 Å². The molecule has 0 aliphatic carbocycles. The maximum atomic E-state index is 13.2. The van der Waals surface area contributed by atoms with Crippen LogP contribution in [-0.2, 0) is 21.4 Å². The second kappa shape index (κ2) is 9.30. The van der Waals surface area contributed by atoms with Crippen LogP contribution in [0.1, 0.15) is 33.1 Å². The molecule has 2 saturated heterocycles. The number of carbonyl (C=O) groups excluding carboxylic acids is 1. The fourth-order valence-corrected chi connectivity index (χ4v) is 6.38. The van der Waals surface area contributed by atoms with Gasteiger partial charge in [0, 0.05) is 68.8 Å². The Kier molecular flexibility index (Phi) is 6.69. The van der Waals surface area contributed by atoms with Crippen molar-refractivity contribution in [3.8, 4) is 0 Å². The number of fused-ring (bicyclic) bond motifs is 1. The summed E-state index contributed by atoms with van der Waals surface area (Å²) in [5.74, 6) is 0.140. The third kappa shape index (κ3) is 4.52. The lowest BCUT2D eigenvalue weighted by atomic mass is 9.96. The molecule has 0 bridgehead atoms. The lowest BCUT2D eigenvalue weighted by molar-refractivity contribution is -0.138. The Morgan fingerprint density at radius 2 is 1.71 bits per heavy atom. The zero-order valence-corrected chi connectivity index (χ0v) is 19.5. The van der Waals surface area contributed by atoms with Crippen LogP contribution in [0, 0.1) is 5.92 Å². The van der Waals surface area contributed by atoms with E-state index in [-0.39, 0.29) is 11.8 Å². The van der Waals surface area contributed by atoms with Gasteiger partial charge in [0.15, 0.2) is 0 Å². The largest absolute Gasteiger partial charge is 0.348 e. The van der Waals surface area contributed by atoms with Crippen LogP contribution in [0.3, 0.4) is 0 Å². The van der Waals surface area contributed by atoms with Gasteiger partial charge in [-0.2, -0.15) is 4.31 Å². The van der Waals surface area contributed by atoms with E-state index in [1.165, 1.54) is 0 Å². The minimum atomic E-state index is -3.55. The van der Waals surface area contributed by atoms with Crippen molar-refractivity contribution in [3.63, 3.8) is 0 Å². The zero-order valence-electron chi connectivity index (χ0n) is 18.7. The second-order valence-corrected chi connectivity index (χ2v) is 10.6. The number of piperazine rings is 1. The van der Waals surface area contributed by atoms with Crippen LogP contribution in [-0.4, -0.2) is 78.8 Å². The Morgan fingerprint density at radius 3 is 2.35 bits per heavy atom. The van der Waals surface area contributed by atoms with Crippen molar-refractivity contribution in [3.05, 3.63) is 30.5 Å². The summed E-state index contributed by atoms with van der Waals surface area (Å²) in [4.78, 5) is 17.7. The molecule has 0 unspecified atom stereocenters. The molecule has 3 heterocycles. The first-order valence-corrected chi connectivity index (χ1v) is 13.0. The number of hydrogen-bond acceptors (Lipinski definition) is 4. The fraction of sp³-hybridized carbons (Fsp3) is 0.609. The van der Waals surface area contributed by atoms with E-state index in [0.717, 1.165) is 56.6 Å². The van der Waals surface area contributed by atoms with E-state index in [0.29, 0.717) is 30.8 Å². The second-order valence-electron chi connectivity index (χ2n) is 8.67. The van der Waals surface area contributed by atoms with Gasteiger partial charge in [0.05, 0.1) is 4.90 Å². The summed E-state index contributed by atoms with van der Waals surface area (Å²) in [6.45, 7) is 10.5. The lowest BCUT2D eigenvalue weighted by Crippen LogP contribution is -2.51. The number of benzene rings is 1. The van der Waals surface area contributed by atoms with Crippen LogP contribution >= 0.6 is 0 Å². The molecule has 1 amide bonds. The Morgan fingerprint density at radius 1 is 1.00 bits per heavy atom. The molecule has 31 heavy (non-hydrogen) atoms. The summed E-state index contributed by atoms with van der Waals surface area (Å²) in [5.41, 5.74) is 1.05. The number of carbonyl (C=O) groups is 1. The monoisotopic (exact) mass is 446 g/mol. The summed E-state index contributed by atoms with van der Waals surface area (Å²) < 4.78 is 30.1. The number of aryl methyl sites for hydroxylation is 1. The molecule has 0 saturated carbocycles. The van der Waals surface area contributed by atoms with E-state index in [4.69, 9.17) is 0 Å². The molecular weight excluding hydrogens is 412 g/mol. The number of aromatic nitrogens is 1. The quantitative estimate of drug-likeness (QED) is 0.684. The van der Waals surface area contributed by atoms with Gasteiger partial charge in [0.2, 0.25) is 15.9 Å². The van der Waals surface area contributed by atoms with Gasteiger partial charge in [-0.25, -0.2) is 8.42 Å². The van der Waals surface area contributed by atoms with Crippen molar-refractivity contribution in [2.24, 2.45) is 5.92 Å². The predicted molar refractivity (Wildman–Crippen MR) is 122 cm³/mol. The SMILES string of the molecule is CCCN1CCN(C(=O)C2CCN(S(=O)(=O)c3ccc4c(ccn4CC)c3)CC2)CC1. The third-order valence-corrected chi connectivity index (χ3v) is 8.64. The minimum absolute atomic E-state index is 0.0646. The highest BCUT2D eigenvalue weighted by Gasteiger charge is 2.34. The van der Waals surface area contributed by atoms with Crippen LogP contribution < -0.4 is 0 Å². The highest BCUT2D eigenvalue weighted by atomic mass is 32.2. The average Bonchev–Trinajstić information content (AvgIpc) is 3.22. The third-order valence-electron chi connectivity index (χ3n) is 6.75.